The first kappa shape index (κ1) is 14.9. The molecule has 0 amide bonds. The topological polar surface area (TPSA) is 26.3 Å². The van der Waals surface area contributed by atoms with Crippen molar-refractivity contribution in [1.29, 1.82) is 0 Å². The van der Waals surface area contributed by atoms with E-state index in [0.717, 1.165) is 46.0 Å². The molecule has 3 heteroatoms. The molecular weight excluding hydrogens is 292 g/mol. The monoisotopic (exact) mass is 310 g/mol. The number of hydrogen-bond donors (Lipinski definition) is 0. The average Bonchev–Trinajstić information content (AvgIpc) is 2.90. The van der Waals surface area contributed by atoms with Crippen LogP contribution in [0.3, 0.4) is 0 Å². The van der Waals surface area contributed by atoms with E-state index in [-0.39, 0.29) is 5.78 Å². The average molecular weight is 310 g/mol. The van der Waals surface area contributed by atoms with Crippen molar-refractivity contribution >= 4 is 17.5 Å². The molecule has 3 rings (SSSR count). The molecule has 0 saturated carbocycles. The lowest BCUT2D eigenvalue weighted by Crippen LogP contribution is -2.15. The highest BCUT2D eigenvalue weighted by Gasteiger charge is 2.25. The first-order valence-corrected chi connectivity index (χ1v) is 8.34. The van der Waals surface area contributed by atoms with Crippen LogP contribution >= 0.6 is 11.8 Å². The van der Waals surface area contributed by atoms with Gasteiger partial charge in [0.15, 0.2) is 5.78 Å². The van der Waals surface area contributed by atoms with Gasteiger partial charge in [-0.25, -0.2) is 0 Å². The van der Waals surface area contributed by atoms with Gasteiger partial charge < -0.3 is 4.74 Å². The van der Waals surface area contributed by atoms with E-state index in [4.69, 9.17) is 4.74 Å². The second kappa shape index (κ2) is 6.84. The van der Waals surface area contributed by atoms with Crippen molar-refractivity contribution in [3.8, 4) is 0 Å². The molecule has 0 radical (unpaired) electrons. The Kier molecular flexibility index (Phi) is 4.64. The van der Waals surface area contributed by atoms with Gasteiger partial charge in [0.25, 0.3) is 0 Å². The van der Waals surface area contributed by atoms with Crippen LogP contribution in [-0.2, 0) is 9.53 Å². The molecule has 0 aromatic rings. The highest BCUT2D eigenvalue weighted by atomic mass is 32.2. The molecule has 1 saturated heterocycles. The van der Waals surface area contributed by atoms with E-state index in [1.54, 1.807) is 18.9 Å². The van der Waals surface area contributed by atoms with Gasteiger partial charge in [0.2, 0.25) is 0 Å². The second-order valence-electron chi connectivity index (χ2n) is 5.18. The van der Waals surface area contributed by atoms with Crippen LogP contribution in [0.25, 0.3) is 0 Å². The number of fused-ring (bicyclic) bond motifs is 1. The van der Waals surface area contributed by atoms with Gasteiger partial charge in [-0.3, -0.25) is 4.79 Å². The summed E-state index contributed by atoms with van der Waals surface area (Å²) in [5.74, 6) is 1.74. The summed E-state index contributed by atoms with van der Waals surface area (Å²) >= 11 is 1.75. The second-order valence-corrected chi connectivity index (χ2v) is 6.20. The van der Waals surface area contributed by atoms with Crippen molar-refractivity contribution < 1.29 is 9.53 Å². The number of ether oxygens (including phenoxy) is 1. The quantitative estimate of drug-likeness (QED) is 0.706. The Labute approximate surface area is 135 Å². The molecule has 112 valence electrons. The Balaban J connectivity index is 1.84. The van der Waals surface area contributed by atoms with Crippen molar-refractivity contribution in [2.75, 3.05) is 12.9 Å². The normalized spacial score (nSPS) is 23.0. The first-order valence-electron chi connectivity index (χ1n) is 7.36. The van der Waals surface area contributed by atoms with Crippen molar-refractivity contribution in [1.82, 2.24) is 0 Å². The standard InChI is InChI=1S/C19H18O2S/c1-21-16-7-5-6-14(10-11-16)12-15-13-22-18-9-4-2-3-8-17(18)19(15)20/h2-3,6-12H,4-5,13H2,1H3/b15-12+. The van der Waals surface area contributed by atoms with Gasteiger partial charge in [-0.05, 0) is 36.6 Å². The maximum Gasteiger partial charge on any atom is 0.190 e. The van der Waals surface area contributed by atoms with E-state index in [1.807, 2.05) is 36.5 Å². The number of thioether (sulfide) groups is 1. The molecule has 0 N–H and O–H groups in total. The van der Waals surface area contributed by atoms with Gasteiger partial charge >= 0.3 is 0 Å². The van der Waals surface area contributed by atoms with Crippen molar-refractivity contribution in [3.63, 3.8) is 0 Å². The van der Waals surface area contributed by atoms with Crippen molar-refractivity contribution in [3.05, 3.63) is 82.1 Å². The lowest BCUT2D eigenvalue weighted by Gasteiger charge is -2.19. The molecule has 0 bridgehead atoms. The molecule has 0 unspecified atom stereocenters. The maximum absolute atomic E-state index is 12.7. The highest BCUT2D eigenvalue weighted by Crippen LogP contribution is 2.36. The van der Waals surface area contributed by atoms with E-state index >= 15 is 0 Å². The molecule has 22 heavy (non-hydrogen) atoms. The number of rotatable bonds is 2. The zero-order valence-corrected chi connectivity index (χ0v) is 13.4. The summed E-state index contributed by atoms with van der Waals surface area (Å²) < 4.78 is 5.24. The zero-order valence-electron chi connectivity index (χ0n) is 12.5. The van der Waals surface area contributed by atoms with Gasteiger partial charge in [0.1, 0.15) is 5.76 Å². The third-order valence-electron chi connectivity index (χ3n) is 3.71. The lowest BCUT2D eigenvalue weighted by atomic mass is 10.0. The summed E-state index contributed by atoms with van der Waals surface area (Å²) in [5, 5.41) is 0. The molecule has 0 spiro atoms. The first-order chi connectivity index (χ1) is 10.8. The lowest BCUT2D eigenvalue weighted by molar-refractivity contribution is -0.112. The van der Waals surface area contributed by atoms with Crippen LogP contribution in [0.4, 0.5) is 0 Å². The largest absolute Gasteiger partial charge is 0.497 e. The van der Waals surface area contributed by atoms with Gasteiger partial charge in [-0.15, -0.1) is 11.8 Å². The van der Waals surface area contributed by atoms with E-state index in [0.29, 0.717) is 0 Å². The number of ketones is 1. The molecule has 2 nitrogen and oxygen atoms in total. The Hall–Kier alpha value is -2.00. The van der Waals surface area contributed by atoms with Crippen LogP contribution < -0.4 is 0 Å². The SMILES string of the molecule is COC1=CCC=C(/C=C2\CSC3=CCC=CC=C3C2=O)C=C1. The molecule has 0 atom stereocenters. The molecule has 1 fully saturated rings. The van der Waals surface area contributed by atoms with Gasteiger partial charge in [-0.2, -0.15) is 0 Å². The fourth-order valence-electron chi connectivity index (χ4n) is 2.52. The Morgan fingerprint density at radius 3 is 2.95 bits per heavy atom. The zero-order chi connectivity index (χ0) is 15.4. The summed E-state index contributed by atoms with van der Waals surface area (Å²) in [6, 6.07) is 0. The van der Waals surface area contributed by atoms with E-state index < -0.39 is 0 Å². The molecule has 0 aromatic carbocycles. The number of Topliss-reactive ketones (excluding diaryl/α,β-unsaturated/α-hetero) is 1. The molecule has 2 aliphatic carbocycles. The predicted molar refractivity (Wildman–Crippen MR) is 92.4 cm³/mol. The highest BCUT2D eigenvalue weighted by molar-refractivity contribution is 8.03. The van der Waals surface area contributed by atoms with E-state index in [2.05, 4.69) is 18.2 Å². The Morgan fingerprint density at radius 2 is 2.09 bits per heavy atom. The number of carbonyl (C=O) groups excluding carboxylic acids is 1. The van der Waals surface area contributed by atoms with Crippen LogP contribution in [-0.4, -0.2) is 18.6 Å². The van der Waals surface area contributed by atoms with Crippen molar-refractivity contribution in [2.45, 2.75) is 12.8 Å². The Bertz CT molecular complexity index is 697. The number of methoxy groups -OCH3 is 1. The fourth-order valence-corrected chi connectivity index (χ4v) is 3.58. The minimum atomic E-state index is 0.148. The van der Waals surface area contributed by atoms with Crippen LogP contribution in [0.15, 0.2) is 82.1 Å². The van der Waals surface area contributed by atoms with E-state index in [1.165, 1.54) is 0 Å². The minimum absolute atomic E-state index is 0.148. The van der Waals surface area contributed by atoms with Gasteiger partial charge in [0, 0.05) is 21.8 Å². The van der Waals surface area contributed by atoms with Crippen LogP contribution in [0.5, 0.6) is 0 Å². The fraction of sp³-hybridized carbons (Fsp3) is 0.211. The van der Waals surface area contributed by atoms with Crippen LogP contribution in [0.2, 0.25) is 0 Å². The summed E-state index contributed by atoms with van der Waals surface area (Å²) in [5.41, 5.74) is 2.75. The molecule has 1 aliphatic heterocycles. The molecular formula is C19H18O2S. The van der Waals surface area contributed by atoms with Gasteiger partial charge in [0.05, 0.1) is 7.11 Å². The molecule has 3 aliphatic rings. The maximum atomic E-state index is 12.7. The summed E-state index contributed by atoms with van der Waals surface area (Å²) in [6.07, 6.45) is 19.9. The number of hydrogen-bond acceptors (Lipinski definition) is 3. The van der Waals surface area contributed by atoms with E-state index in [9.17, 15) is 4.79 Å². The van der Waals surface area contributed by atoms with Gasteiger partial charge in [-0.1, -0.05) is 36.5 Å². The van der Waals surface area contributed by atoms with Crippen LogP contribution in [0, 0.1) is 0 Å². The summed E-state index contributed by atoms with van der Waals surface area (Å²) in [4.78, 5) is 13.8. The summed E-state index contributed by atoms with van der Waals surface area (Å²) in [7, 11) is 1.67. The molecule has 1 heterocycles. The molecule has 0 aromatic heterocycles. The number of carbonyl (C=O) groups is 1. The third kappa shape index (κ3) is 3.25. The Morgan fingerprint density at radius 1 is 1.18 bits per heavy atom. The smallest absolute Gasteiger partial charge is 0.190 e. The third-order valence-corrected chi connectivity index (χ3v) is 4.87. The minimum Gasteiger partial charge on any atom is -0.497 e. The van der Waals surface area contributed by atoms with Crippen LogP contribution in [0.1, 0.15) is 12.8 Å². The summed E-state index contributed by atoms with van der Waals surface area (Å²) in [6.45, 7) is 0. The predicted octanol–water partition coefficient (Wildman–Crippen LogP) is 4.42. The van der Waals surface area contributed by atoms with Crippen molar-refractivity contribution in [2.24, 2.45) is 0 Å². The number of allylic oxidation sites excluding steroid dienone is 11.